The first kappa shape index (κ1) is 15.3. The number of rotatable bonds is 5. The fourth-order valence-electron chi connectivity index (χ4n) is 3.00. The van der Waals surface area contributed by atoms with Crippen molar-refractivity contribution in [2.24, 2.45) is 11.5 Å². The Labute approximate surface area is 125 Å². The van der Waals surface area contributed by atoms with Crippen LogP contribution in [-0.4, -0.2) is 29.4 Å². The molecule has 5 heteroatoms. The Hall–Kier alpha value is -1.10. The quantitative estimate of drug-likeness (QED) is 0.873. The number of carbonyl (C=O) groups excluding carboxylic acids is 1. The van der Waals surface area contributed by atoms with Crippen LogP contribution in [0.25, 0.3) is 0 Å². The van der Waals surface area contributed by atoms with Crippen LogP contribution in [0.2, 0.25) is 5.02 Å². The van der Waals surface area contributed by atoms with Gasteiger partial charge < -0.3 is 11.5 Å². The molecule has 1 amide bonds. The smallest absolute Gasteiger partial charge is 0.234 e. The number of carbonyl (C=O) groups is 1. The Balaban J connectivity index is 2.32. The molecule has 2 rings (SSSR count). The molecule has 1 heterocycles. The van der Waals surface area contributed by atoms with E-state index in [4.69, 9.17) is 23.1 Å². The highest BCUT2D eigenvalue weighted by molar-refractivity contribution is 6.30. The van der Waals surface area contributed by atoms with Gasteiger partial charge in [0.25, 0.3) is 0 Å². The zero-order valence-electron chi connectivity index (χ0n) is 11.8. The van der Waals surface area contributed by atoms with E-state index in [0.717, 1.165) is 31.4 Å². The van der Waals surface area contributed by atoms with E-state index in [2.05, 4.69) is 11.8 Å². The molecule has 110 valence electrons. The van der Waals surface area contributed by atoms with E-state index in [0.29, 0.717) is 5.02 Å². The number of hydrogen-bond acceptors (Lipinski definition) is 3. The van der Waals surface area contributed by atoms with Crippen LogP contribution >= 0.6 is 11.6 Å². The molecule has 1 saturated heterocycles. The van der Waals surface area contributed by atoms with Crippen LogP contribution < -0.4 is 11.5 Å². The van der Waals surface area contributed by atoms with Crippen LogP contribution in [0, 0.1) is 0 Å². The molecule has 0 radical (unpaired) electrons. The number of halogens is 1. The Morgan fingerprint density at radius 1 is 1.45 bits per heavy atom. The molecule has 1 aliphatic rings. The van der Waals surface area contributed by atoms with Crippen LogP contribution in [-0.2, 0) is 4.79 Å². The summed E-state index contributed by atoms with van der Waals surface area (Å²) in [6, 6.07) is 7.46. The van der Waals surface area contributed by atoms with Gasteiger partial charge in [0.2, 0.25) is 5.91 Å². The Kier molecular flexibility index (Phi) is 5.02. The van der Waals surface area contributed by atoms with E-state index >= 15 is 0 Å². The first-order valence-corrected chi connectivity index (χ1v) is 7.48. The molecule has 1 fully saturated rings. The predicted molar refractivity (Wildman–Crippen MR) is 81.4 cm³/mol. The molecular weight excluding hydrogens is 274 g/mol. The summed E-state index contributed by atoms with van der Waals surface area (Å²) in [6.45, 7) is 2.91. The van der Waals surface area contributed by atoms with Crippen molar-refractivity contribution in [3.8, 4) is 0 Å². The minimum absolute atomic E-state index is 0.0114. The Bertz CT molecular complexity index is 463. The lowest BCUT2D eigenvalue weighted by atomic mass is 9.95. The molecule has 1 aromatic rings. The van der Waals surface area contributed by atoms with Gasteiger partial charge in [0.05, 0.1) is 12.1 Å². The summed E-state index contributed by atoms with van der Waals surface area (Å²) in [4.78, 5) is 13.8. The number of likely N-dealkylation sites (tertiary alicyclic amines) is 1. The molecule has 3 unspecified atom stereocenters. The van der Waals surface area contributed by atoms with Crippen molar-refractivity contribution >= 4 is 17.5 Å². The van der Waals surface area contributed by atoms with Gasteiger partial charge in [0, 0.05) is 11.1 Å². The van der Waals surface area contributed by atoms with Crippen molar-refractivity contribution in [3.63, 3.8) is 0 Å². The zero-order valence-corrected chi connectivity index (χ0v) is 12.5. The fraction of sp³-hybridized carbons (Fsp3) is 0.533. The summed E-state index contributed by atoms with van der Waals surface area (Å²) >= 11 is 5.95. The Morgan fingerprint density at radius 2 is 2.10 bits per heavy atom. The molecule has 4 nitrogen and oxygen atoms in total. The standard InChI is InChI=1S/C15H22ClN3O/c1-2-12(17)14(10-5-7-11(16)8-6-10)19-9-3-4-13(19)15(18)20/h5-8,12-14H,2-4,9,17H2,1H3,(H2,18,20). The number of hydrogen-bond donors (Lipinski definition) is 2. The van der Waals surface area contributed by atoms with Crippen molar-refractivity contribution < 1.29 is 4.79 Å². The first-order valence-electron chi connectivity index (χ1n) is 7.10. The first-order chi connectivity index (χ1) is 9.54. The van der Waals surface area contributed by atoms with E-state index in [9.17, 15) is 4.79 Å². The summed E-state index contributed by atoms with van der Waals surface area (Å²) in [7, 11) is 0. The summed E-state index contributed by atoms with van der Waals surface area (Å²) in [5.74, 6) is -0.259. The van der Waals surface area contributed by atoms with E-state index < -0.39 is 0 Å². The Morgan fingerprint density at radius 3 is 2.65 bits per heavy atom. The van der Waals surface area contributed by atoms with E-state index in [-0.39, 0.29) is 24.0 Å². The van der Waals surface area contributed by atoms with Gasteiger partial charge in [-0.3, -0.25) is 9.69 Å². The van der Waals surface area contributed by atoms with E-state index in [1.807, 2.05) is 24.3 Å². The third kappa shape index (κ3) is 3.14. The summed E-state index contributed by atoms with van der Waals surface area (Å²) in [5, 5.41) is 0.699. The molecule has 0 aliphatic carbocycles. The molecule has 0 aromatic heterocycles. The van der Waals surface area contributed by atoms with Gasteiger partial charge in [-0.2, -0.15) is 0 Å². The average Bonchev–Trinajstić information content (AvgIpc) is 2.90. The van der Waals surface area contributed by atoms with Crippen LogP contribution in [0.3, 0.4) is 0 Å². The van der Waals surface area contributed by atoms with Crippen molar-refractivity contribution in [3.05, 3.63) is 34.9 Å². The highest BCUT2D eigenvalue weighted by Gasteiger charge is 2.37. The molecule has 4 N–H and O–H groups in total. The maximum absolute atomic E-state index is 11.6. The molecule has 0 spiro atoms. The van der Waals surface area contributed by atoms with Gasteiger partial charge in [0.1, 0.15) is 0 Å². The van der Waals surface area contributed by atoms with Crippen LogP contribution in [0.15, 0.2) is 24.3 Å². The number of amides is 1. The molecule has 1 aliphatic heterocycles. The lowest BCUT2D eigenvalue weighted by Crippen LogP contribution is -2.47. The third-order valence-corrected chi connectivity index (χ3v) is 4.32. The third-order valence-electron chi connectivity index (χ3n) is 4.07. The predicted octanol–water partition coefficient (Wildman–Crippen LogP) is 2.07. The second-order valence-corrected chi connectivity index (χ2v) is 5.80. The highest BCUT2D eigenvalue weighted by Crippen LogP contribution is 2.32. The van der Waals surface area contributed by atoms with Crippen LogP contribution in [0.1, 0.15) is 37.8 Å². The number of primary amides is 1. The largest absolute Gasteiger partial charge is 0.368 e. The normalized spacial score (nSPS) is 22.6. The van der Waals surface area contributed by atoms with Crippen LogP contribution in [0.5, 0.6) is 0 Å². The summed E-state index contributed by atoms with van der Waals surface area (Å²) < 4.78 is 0. The average molecular weight is 296 g/mol. The lowest BCUT2D eigenvalue weighted by Gasteiger charge is -2.35. The number of nitrogens with two attached hydrogens (primary N) is 2. The van der Waals surface area contributed by atoms with Gasteiger partial charge in [-0.1, -0.05) is 30.7 Å². The maximum atomic E-state index is 11.6. The molecule has 3 atom stereocenters. The van der Waals surface area contributed by atoms with Crippen molar-refractivity contribution in [2.75, 3.05) is 6.54 Å². The van der Waals surface area contributed by atoms with Gasteiger partial charge in [0.15, 0.2) is 0 Å². The van der Waals surface area contributed by atoms with Crippen molar-refractivity contribution in [1.29, 1.82) is 0 Å². The number of benzene rings is 1. The van der Waals surface area contributed by atoms with Gasteiger partial charge in [-0.05, 0) is 43.5 Å². The van der Waals surface area contributed by atoms with Crippen molar-refractivity contribution in [1.82, 2.24) is 4.90 Å². The second-order valence-electron chi connectivity index (χ2n) is 5.37. The molecule has 20 heavy (non-hydrogen) atoms. The van der Waals surface area contributed by atoms with Gasteiger partial charge in [-0.25, -0.2) is 0 Å². The molecular formula is C15H22ClN3O. The monoisotopic (exact) mass is 295 g/mol. The van der Waals surface area contributed by atoms with E-state index in [1.54, 1.807) is 0 Å². The lowest BCUT2D eigenvalue weighted by molar-refractivity contribution is -0.123. The summed E-state index contributed by atoms with van der Waals surface area (Å²) in [6.07, 6.45) is 2.64. The van der Waals surface area contributed by atoms with Crippen molar-refractivity contribution in [2.45, 2.75) is 44.3 Å². The SMILES string of the molecule is CCC(N)C(c1ccc(Cl)cc1)N1CCCC1C(N)=O. The molecule has 1 aromatic carbocycles. The van der Waals surface area contributed by atoms with E-state index in [1.165, 1.54) is 0 Å². The van der Waals surface area contributed by atoms with Gasteiger partial charge >= 0.3 is 0 Å². The minimum Gasteiger partial charge on any atom is -0.368 e. The van der Waals surface area contributed by atoms with Gasteiger partial charge in [-0.15, -0.1) is 0 Å². The topological polar surface area (TPSA) is 72.3 Å². The second kappa shape index (κ2) is 6.57. The zero-order chi connectivity index (χ0) is 14.7. The summed E-state index contributed by atoms with van der Waals surface area (Å²) in [5.41, 5.74) is 12.9. The molecule has 0 bridgehead atoms. The fourth-order valence-corrected chi connectivity index (χ4v) is 3.12. The molecule has 0 saturated carbocycles. The van der Waals surface area contributed by atoms with Crippen LogP contribution in [0.4, 0.5) is 0 Å². The highest BCUT2D eigenvalue weighted by atomic mass is 35.5. The maximum Gasteiger partial charge on any atom is 0.234 e. The minimum atomic E-state index is -0.259. The number of nitrogens with zero attached hydrogens (tertiary/aromatic N) is 1.